The molecule has 0 bridgehead atoms. The average molecular weight is 284 g/mol. The molecule has 1 aliphatic carbocycles. The fraction of sp³-hybridized carbons (Fsp3) is 0.462. The van der Waals surface area contributed by atoms with Gasteiger partial charge in [-0.15, -0.1) is 0 Å². The smallest absolute Gasteiger partial charge is 0.304 e. The number of hydrogen-bond donors (Lipinski definition) is 1. The van der Waals surface area contributed by atoms with Crippen LogP contribution in [0.3, 0.4) is 0 Å². The van der Waals surface area contributed by atoms with Gasteiger partial charge in [0.25, 0.3) is 0 Å². The van der Waals surface area contributed by atoms with Gasteiger partial charge in [0, 0.05) is 11.7 Å². The van der Waals surface area contributed by atoms with Crippen molar-refractivity contribution in [3.8, 4) is 5.75 Å². The maximum absolute atomic E-state index is 11.3. The molecule has 1 fully saturated rings. The number of ether oxygens (including phenoxy) is 1. The number of aliphatic carboxylic acids is 1. The summed E-state index contributed by atoms with van der Waals surface area (Å²) in [6, 6.07) is 6.16. The molecular weight excluding hydrogens is 268 g/mol. The van der Waals surface area contributed by atoms with Crippen LogP contribution in [-0.2, 0) is 14.6 Å². The van der Waals surface area contributed by atoms with E-state index in [9.17, 15) is 13.2 Å². The largest absolute Gasteiger partial charge is 0.493 e. The van der Waals surface area contributed by atoms with Crippen LogP contribution in [0.1, 0.15) is 19.3 Å². The second kappa shape index (κ2) is 4.85. The highest BCUT2D eigenvalue weighted by Gasteiger charge is 2.45. The molecule has 6 heteroatoms. The van der Waals surface area contributed by atoms with E-state index in [1.165, 1.54) is 12.1 Å². The second-order valence-electron chi connectivity index (χ2n) is 5.10. The first-order valence-electron chi connectivity index (χ1n) is 5.96. The highest BCUT2D eigenvalue weighted by molar-refractivity contribution is 7.90. The van der Waals surface area contributed by atoms with Gasteiger partial charge in [0.2, 0.25) is 0 Å². The normalized spacial score (nSPS) is 16.9. The number of rotatable bonds is 6. The highest BCUT2D eigenvalue weighted by atomic mass is 32.2. The zero-order valence-electron chi connectivity index (χ0n) is 10.6. The Labute approximate surface area is 112 Å². The maximum atomic E-state index is 11.3. The SMILES string of the molecule is CS(=O)(=O)c1ccc(OCC2(CC(=O)O)CC2)cc1. The first-order valence-corrected chi connectivity index (χ1v) is 7.85. The molecule has 5 nitrogen and oxygen atoms in total. The Kier molecular flexibility index (Phi) is 3.54. The van der Waals surface area contributed by atoms with Crippen molar-refractivity contribution in [2.45, 2.75) is 24.2 Å². The van der Waals surface area contributed by atoms with Gasteiger partial charge in [0.15, 0.2) is 9.84 Å². The number of carbonyl (C=O) groups is 1. The summed E-state index contributed by atoms with van der Waals surface area (Å²) in [5.41, 5.74) is -0.235. The lowest BCUT2D eigenvalue weighted by Crippen LogP contribution is -2.17. The van der Waals surface area contributed by atoms with E-state index in [4.69, 9.17) is 9.84 Å². The summed E-state index contributed by atoms with van der Waals surface area (Å²) in [6.45, 7) is 0.359. The van der Waals surface area contributed by atoms with Crippen LogP contribution in [0.25, 0.3) is 0 Å². The molecule has 0 heterocycles. The Morgan fingerprint density at radius 3 is 2.32 bits per heavy atom. The molecule has 2 rings (SSSR count). The molecule has 104 valence electrons. The first-order chi connectivity index (χ1) is 8.81. The van der Waals surface area contributed by atoms with Crippen LogP contribution in [0, 0.1) is 5.41 Å². The van der Waals surface area contributed by atoms with Crippen LogP contribution in [0.5, 0.6) is 5.75 Å². The molecule has 1 aromatic carbocycles. The first kappa shape index (κ1) is 13.9. The summed E-state index contributed by atoms with van der Waals surface area (Å²) in [7, 11) is -3.20. The van der Waals surface area contributed by atoms with Gasteiger partial charge < -0.3 is 9.84 Å². The summed E-state index contributed by atoms with van der Waals surface area (Å²) in [5, 5.41) is 8.79. The molecule has 0 saturated heterocycles. The van der Waals surface area contributed by atoms with Crippen molar-refractivity contribution in [3.05, 3.63) is 24.3 Å². The maximum Gasteiger partial charge on any atom is 0.304 e. The van der Waals surface area contributed by atoms with E-state index in [0.29, 0.717) is 12.4 Å². The number of carboxylic acid groups (broad SMARTS) is 1. The van der Waals surface area contributed by atoms with Crippen molar-refractivity contribution in [1.29, 1.82) is 0 Å². The molecule has 1 aromatic rings. The summed E-state index contributed by atoms with van der Waals surface area (Å²) < 4.78 is 28.1. The van der Waals surface area contributed by atoms with Gasteiger partial charge in [0.1, 0.15) is 5.75 Å². The van der Waals surface area contributed by atoms with Crippen molar-refractivity contribution >= 4 is 15.8 Å². The lowest BCUT2D eigenvalue weighted by molar-refractivity contribution is -0.138. The summed E-state index contributed by atoms with van der Waals surface area (Å²) >= 11 is 0. The molecule has 0 amide bonds. The zero-order chi connectivity index (χ0) is 14.1. The molecule has 0 atom stereocenters. The summed E-state index contributed by atoms with van der Waals surface area (Å²) in [5.74, 6) is -0.252. The van der Waals surface area contributed by atoms with Gasteiger partial charge in [-0.05, 0) is 37.1 Å². The van der Waals surface area contributed by atoms with Gasteiger partial charge in [0.05, 0.1) is 17.9 Å². The average Bonchev–Trinajstić information content (AvgIpc) is 3.05. The fourth-order valence-electron chi connectivity index (χ4n) is 1.89. The topological polar surface area (TPSA) is 80.7 Å². The third-order valence-corrected chi connectivity index (χ3v) is 4.41. The lowest BCUT2D eigenvalue weighted by atomic mass is 10.0. The van der Waals surface area contributed by atoms with Crippen LogP contribution in [0.2, 0.25) is 0 Å². The minimum Gasteiger partial charge on any atom is -0.493 e. The van der Waals surface area contributed by atoms with Gasteiger partial charge in [-0.2, -0.15) is 0 Å². The van der Waals surface area contributed by atoms with Gasteiger partial charge in [-0.1, -0.05) is 0 Å². The quantitative estimate of drug-likeness (QED) is 0.860. The van der Waals surface area contributed by atoms with Crippen LogP contribution in [0.4, 0.5) is 0 Å². The van der Waals surface area contributed by atoms with Crippen molar-refractivity contribution in [2.24, 2.45) is 5.41 Å². The van der Waals surface area contributed by atoms with E-state index in [2.05, 4.69) is 0 Å². The van der Waals surface area contributed by atoms with E-state index in [-0.39, 0.29) is 16.7 Å². The fourth-order valence-corrected chi connectivity index (χ4v) is 2.52. The predicted molar refractivity (Wildman–Crippen MR) is 69.0 cm³/mol. The predicted octanol–water partition coefficient (Wildman–Crippen LogP) is 1.72. The van der Waals surface area contributed by atoms with E-state index in [1.54, 1.807) is 12.1 Å². The van der Waals surface area contributed by atoms with E-state index in [0.717, 1.165) is 19.1 Å². The summed E-state index contributed by atoms with van der Waals surface area (Å²) in [6.07, 6.45) is 2.99. The van der Waals surface area contributed by atoms with Crippen LogP contribution in [0.15, 0.2) is 29.2 Å². The molecule has 0 radical (unpaired) electrons. The van der Waals surface area contributed by atoms with Crippen molar-refractivity contribution in [3.63, 3.8) is 0 Å². The van der Waals surface area contributed by atoms with E-state index < -0.39 is 15.8 Å². The summed E-state index contributed by atoms with van der Waals surface area (Å²) in [4.78, 5) is 10.9. The van der Waals surface area contributed by atoms with Crippen LogP contribution < -0.4 is 4.74 Å². The number of sulfone groups is 1. The number of hydrogen-bond acceptors (Lipinski definition) is 4. The lowest BCUT2D eigenvalue weighted by Gasteiger charge is -2.14. The highest BCUT2D eigenvalue weighted by Crippen LogP contribution is 2.48. The zero-order valence-corrected chi connectivity index (χ0v) is 11.4. The Bertz CT molecular complexity index is 570. The van der Waals surface area contributed by atoms with Gasteiger partial charge >= 0.3 is 5.97 Å². The standard InChI is InChI=1S/C13H16O5S/c1-19(16,17)11-4-2-10(3-5-11)18-9-13(6-7-13)8-12(14)15/h2-5H,6-9H2,1H3,(H,14,15). The number of benzene rings is 1. The number of carboxylic acids is 1. The van der Waals surface area contributed by atoms with E-state index in [1.807, 2.05) is 0 Å². The van der Waals surface area contributed by atoms with E-state index >= 15 is 0 Å². The van der Waals surface area contributed by atoms with Crippen molar-refractivity contribution in [1.82, 2.24) is 0 Å². The van der Waals surface area contributed by atoms with Crippen LogP contribution in [-0.4, -0.2) is 32.4 Å². The van der Waals surface area contributed by atoms with Crippen LogP contribution >= 0.6 is 0 Å². The third-order valence-electron chi connectivity index (χ3n) is 3.28. The molecule has 0 aromatic heterocycles. The third kappa shape index (κ3) is 3.70. The van der Waals surface area contributed by atoms with Gasteiger partial charge in [-0.25, -0.2) is 8.42 Å². The van der Waals surface area contributed by atoms with Gasteiger partial charge in [-0.3, -0.25) is 4.79 Å². The molecular formula is C13H16O5S. The molecule has 1 saturated carbocycles. The van der Waals surface area contributed by atoms with Crippen molar-refractivity contribution in [2.75, 3.05) is 12.9 Å². The molecule has 19 heavy (non-hydrogen) atoms. The Balaban J connectivity index is 1.96. The monoisotopic (exact) mass is 284 g/mol. The molecule has 0 spiro atoms. The van der Waals surface area contributed by atoms with Crippen molar-refractivity contribution < 1.29 is 23.1 Å². The minimum absolute atomic E-state index is 0.119. The molecule has 0 unspecified atom stereocenters. The molecule has 1 N–H and O–H groups in total. The Morgan fingerprint density at radius 2 is 1.89 bits per heavy atom. The molecule has 0 aliphatic heterocycles. The Hall–Kier alpha value is -1.56. The molecule has 1 aliphatic rings. The minimum atomic E-state index is -3.20. The Morgan fingerprint density at radius 1 is 1.32 bits per heavy atom. The second-order valence-corrected chi connectivity index (χ2v) is 7.12.